The Bertz CT molecular complexity index is 570. The first-order valence-electron chi connectivity index (χ1n) is 5.39. The van der Waals surface area contributed by atoms with Gasteiger partial charge in [0, 0.05) is 13.6 Å². The molecular weight excluding hydrogens is 403 g/mol. The molecule has 0 spiro atoms. The van der Waals surface area contributed by atoms with Crippen molar-refractivity contribution in [2.24, 2.45) is 0 Å². The number of rotatable bonds is 3. The maximum Gasteiger partial charge on any atom is 0.185 e. The van der Waals surface area contributed by atoms with E-state index >= 15 is 0 Å². The molecule has 0 N–H and O–H groups in total. The van der Waals surface area contributed by atoms with Crippen LogP contribution in [0.2, 0.25) is 0 Å². The molecule has 2 rings (SSSR count). The van der Waals surface area contributed by atoms with E-state index in [0.29, 0.717) is 5.56 Å². The maximum absolute atomic E-state index is 11.9. The molecule has 0 aliphatic heterocycles. The molecule has 0 atom stereocenters. The smallest absolute Gasteiger partial charge is 0.185 e. The van der Waals surface area contributed by atoms with E-state index in [1.807, 2.05) is 54.6 Å². The number of carbonyl (C=O) groups is 1. The Labute approximate surface area is 128 Å². The fourth-order valence-electron chi connectivity index (χ4n) is 1.46. The molecule has 1 nitrogen and oxygen atoms in total. The van der Waals surface area contributed by atoms with Gasteiger partial charge in [0.15, 0.2) is 5.78 Å². The van der Waals surface area contributed by atoms with Gasteiger partial charge in [-0.3, -0.25) is 4.79 Å². The predicted octanol–water partition coefficient (Wildman–Crippen LogP) is 4.95. The zero-order chi connectivity index (χ0) is 13.0. The molecule has 0 aliphatic carbocycles. The van der Waals surface area contributed by atoms with Crippen molar-refractivity contribution < 1.29 is 4.79 Å². The van der Waals surface area contributed by atoms with Crippen LogP contribution in [0.3, 0.4) is 0 Å². The van der Waals surface area contributed by atoms with Gasteiger partial charge in [-0.1, -0.05) is 46.3 Å². The molecule has 0 aliphatic rings. The van der Waals surface area contributed by atoms with E-state index in [9.17, 15) is 4.79 Å². The van der Waals surface area contributed by atoms with Crippen molar-refractivity contribution in [3.05, 3.63) is 73.8 Å². The first-order chi connectivity index (χ1) is 8.65. The fourth-order valence-corrected chi connectivity index (χ4v) is 2.08. The lowest BCUT2D eigenvalue weighted by molar-refractivity contribution is 0.104. The average molecular weight is 413 g/mol. The largest absolute Gasteiger partial charge is 0.289 e. The van der Waals surface area contributed by atoms with Crippen LogP contribution in [0.5, 0.6) is 0 Å². The van der Waals surface area contributed by atoms with Crippen LogP contribution in [0.4, 0.5) is 0 Å². The molecular formula is C15H10BrIO. The van der Waals surface area contributed by atoms with Crippen LogP contribution < -0.4 is 0 Å². The van der Waals surface area contributed by atoms with Gasteiger partial charge in [-0.25, -0.2) is 0 Å². The highest BCUT2D eigenvalue weighted by Crippen LogP contribution is 2.12. The highest BCUT2D eigenvalue weighted by atomic mass is 127. The van der Waals surface area contributed by atoms with Gasteiger partial charge in [0.1, 0.15) is 0 Å². The number of halogens is 2. The normalized spacial score (nSPS) is 10.8. The second-order valence-electron chi connectivity index (χ2n) is 3.76. The van der Waals surface area contributed by atoms with Gasteiger partial charge >= 0.3 is 0 Å². The van der Waals surface area contributed by atoms with E-state index in [1.165, 1.54) is 0 Å². The highest BCUT2D eigenvalue weighted by Gasteiger charge is 2.00. The van der Waals surface area contributed by atoms with Crippen molar-refractivity contribution in [1.82, 2.24) is 0 Å². The first kappa shape index (κ1) is 13.5. The van der Waals surface area contributed by atoms with Crippen molar-refractivity contribution in [1.29, 1.82) is 0 Å². The van der Waals surface area contributed by atoms with Crippen LogP contribution in [0.1, 0.15) is 15.9 Å². The molecule has 0 aromatic heterocycles. The summed E-state index contributed by atoms with van der Waals surface area (Å²) in [6.07, 6.45) is 3.43. The van der Waals surface area contributed by atoms with Gasteiger partial charge in [0.2, 0.25) is 0 Å². The Balaban J connectivity index is 2.11. The Morgan fingerprint density at radius 2 is 1.61 bits per heavy atom. The molecule has 3 heteroatoms. The van der Waals surface area contributed by atoms with Crippen LogP contribution in [0, 0.1) is 3.57 Å². The van der Waals surface area contributed by atoms with Crippen LogP contribution >= 0.6 is 38.5 Å². The summed E-state index contributed by atoms with van der Waals surface area (Å²) in [7, 11) is 0. The Morgan fingerprint density at radius 1 is 1.00 bits per heavy atom. The molecule has 2 aromatic carbocycles. The van der Waals surface area contributed by atoms with Crippen molar-refractivity contribution in [2.45, 2.75) is 0 Å². The quantitative estimate of drug-likeness (QED) is 0.396. The van der Waals surface area contributed by atoms with Gasteiger partial charge in [-0.2, -0.15) is 0 Å². The lowest BCUT2D eigenvalue weighted by Gasteiger charge is -1.96. The lowest BCUT2D eigenvalue weighted by atomic mass is 10.1. The third kappa shape index (κ3) is 3.78. The zero-order valence-electron chi connectivity index (χ0n) is 9.44. The Morgan fingerprint density at radius 3 is 2.22 bits per heavy atom. The van der Waals surface area contributed by atoms with E-state index in [0.717, 1.165) is 13.6 Å². The van der Waals surface area contributed by atoms with Crippen molar-refractivity contribution in [3.63, 3.8) is 0 Å². The number of benzene rings is 2. The average Bonchev–Trinajstić information content (AvgIpc) is 2.38. The van der Waals surface area contributed by atoms with E-state index in [1.54, 1.807) is 6.08 Å². The second kappa shape index (κ2) is 6.29. The van der Waals surface area contributed by atoms with E-state index < -0.39 is 0 Å². The van der Waals surface area contributed by atoms with E-state index in [2.05, 4.69) is 38.5 Å². The summed E-state index contributed by atoms with van der Waals surface area (Å²) < 4.78 is 2.16. The van der Waals surface area contributed by atoms with E-state index in [4.69, 9.17) is 0 Å². The SMILES string of the molecule is O=C(/C=C/c1ccc(Br)cc1)c1ccc(I)cc1. The summed E-state index contributed by atoms with van der Waals surface area (Å²) in [5.41, 5.74) is 1.72. The van der Waals surface area contributed by atoms with Crippen molar-refractivity contribution in [3.8, 4) is 0 Å². The summed E-state index contributed by atoms with van der Waals surface area (Å²) in [4.78, 5) is 11.9. The summed E-state index contributed by atoms with van der Waals surface area (Å²) in [5.74, 6) is 0.0225. The number of carbonyl (C=O) groups excluding carboxylic acids is 1. The summed E-state index contributed by atoms with van der Waals surface area (Å²) in [6, 6.07) is 15.4. The van der Waals surface area contributed by atoms with Crippen molar-refractivity contribution in [2.75, 3.05) is 0 Å². The lowest BCUT2D eigenvalue weighted by Crippen LogP contribution is -1.93. The molecule has 0 heterocycles. The monoisotopic (exact) mass is 412 g/mol. The standard InChI is InChI=1S/C15H10BrIO/c16-13-6-1-11(2-7-13)3-10-15(18)12-4-8-14(17)9-5-12/h1-10H/b10-3+. The predicted molar refractivity (Wildman–Crippen MR) is 86.7 cm³/mol. The maximum atomic E-state index is 11.9. The summed E-state index contributed by atoms with van der Waals surface area (Å²) >= 11 is 5.60. The number of ketones is 1. The molecule has 0 fully saturated rings. The summed E-state index contributed by atoms with van der Waals surface area (Å²) in [6.45, 7) is 0. The molecule has 0 amide bonds. The second-order valence-corrected chi connectivity index (χ2v) is 5.92. The first-order valence-corrected chi connectivity index (χ1v) is 7.26. The highest BCUT2D eigenvalue weighted by molar-refractivity contribution is 14.1. The third-order valence-electron chi connectivity index (χ3n) is 2.43. The molecule has 0 saturated carbocycles. The number of allylic oxidation sites excluding steroid dienone is 1. The van der Waals surface area contributed by atoms with Crippen LogP contribution in [-0.4, -0.2) is 5.78 Å². The topological polar surface area (TPSA) is 17.1 Å². The van der Waals surface area contributed by atoms with Gasteiger partial charge in [0.25, 0.3) is 0 Å². The Hall–Kier alpha value is -0.940. The third-order valence-corrected chi connectivity index (χ3v) is 3.67. The number of hydrogen-bond acceptors (Lipinski definition) is 1. The molecule has 90 valence electrons. The minimum absolute atomic E-state index is 0.0225. The number of hydrogen-bond donors (Lipinski definition) is 0. The molecule has 18 heavy (non-hydrogen) atoms. The van der Waals surface area contributed by atoms with Crippen LogP contribution in [0.15, 0.2) is 59.1 Å². The molecule has 0 unspecified atom stereocenters. The molecule has 0 radical (unpaired) electrons. The minimum atomic E-state index is 0.0225. The van der Waals surface area contributed by atoms with Gasteiger partial charge < -0.3 is 0 Å². The van der Waals surface area contributed by atoms with Gasteiger partial charge in [-0.05, 0) is 58.5 Å². The van der Waals surface area contributed by atoms with Gasteiger partial charge in [0.05, 0.1) is 0 Å². The molecule has 0 bridgehead atoms. The molecule has 0 saturated heterocycles. The Kier molecular flexibility index (Phi) is 4.72. The van der Waals surface area contributed by atoms with Gasteiger partial charge in [-0.15, -0.1) is 0 Å². The minimum Gasteiger partial charge on any atom is -0.289 e. The summed E-state index contributed by atoms with van der Waals surface area (Å²) in [5, 5.41) is 0. The van der Waals surface area contributed by atoms with Crippen LogP contribution in [0.25, 0.3) is 6.08 Å². The molecule has 2 aromatic rings. The van der Waals surface area contributed by atoms with Crippen molar-refractivity contribution >= 4 is 50.4 Å². The fraction of sp³-hybridized carbons (Fsp3) is 0. The zero-order valence-corrected chi connectivity index (χ0v) is 13.2. The van der Waals surface area contributed by atoms with Crippen LogP contribution in [-0.2, 0) is 0 Å². The van der Waals surface area contributed by atoms with E-state index in [-0.39, 0.29) is 5.78 Å².